The zero-order valence-corrected chi connectivity index (χ0v) is 13.3. The molecule has 6 heteroatoms. The molecule has 1 saturated heterocycles. The smallest absolute Gasteiger partial charge is 0.171 e. The van der Waals surface area contributed by atoms with Crippen LogP contribution in [-0.4, -0.2) is 49.7 Å². The summed E-state index contributed by atoms with van der Waals surface area (Å²) in [5.74, 6) is 0.748. The van der Waals surface area contributed by atoms with Crippen LogP contribution in [0.2, 0.25) is 5.02 Å². The Kier molecular flexibility index (Phi) is 5.31. The topological polar surface area (TPSA) is 65.1 Å². The molecule has 1 aliphatic rings. The van der Waals surface area contributed by atoms with Gasteiger partial charge in [0.2, 0.25) is 0 Å². The van der Waals surface area contributed by atoms with E-state index in [9.17, 15) is 0 Å². The molecule has 2 rings (SSSR count). The van der Waals surface area contributed by atoms with Gasteiger partial charge in [-0.1, -0.05) is 16.8 Å². The van der Waals surface area contributed by atoms with Gasteiger partial charge in [0.1, 0.15) is 0 Å². The maximum absolute atomic E-state index is 8.72. The number of hydrogen-bond donors (Lipinski definition) is 2. The van der Waals surface area contributed by atoms with E-state index in [2.05, 4.69) is 29.1 Å². The van der Waals surface area contributed by atoms with Crippen molar-refractivity contribution in [2.75, 3.05) is 38.6 Å². The van der Waals surface area contributed by atoms with Crippen LogP contribution in [0.5, 0.6) is 0 Å². The summed E-state index contributed by atoms with van der Waals surface area (Å²) in [7, 11) is 4.25. The Morgan fingerprint density at radius 1 is 1.48 bits per heavy atom. The molecule has 0 unspecified atom stereocenters. The van der Waals surface area contributed by atoms with Gasteiger partial charge in [0.05, 0.1) is 5.02 Å². The summed E-state index contributed by atoms with van der Waals surface area (Å²) in [4.78, 5) is 4.59. The van der Waals surface area contributed by atoms with E-state index in [1.807, 2.05) is 12.1 Å². The third-order valence-electron chi connectivity index (χ3n) is 4.15. The van der Waals surface area contributed by atoms with Gasteiger partial charge in [-0.2, -0.15) is 0 Å². The first kappa shape index (κ1) is 15.9. The summed E-state index contributed by atoms with van der Waals surface area (Å²) in [5.41, 5.74) is 7.18. The number of anilines is 1. The van der Waals surface area contributed by atoms with Crippen LogP contribution in [0.25, 0.3) is 0 Å². The van der Waals surface area contributed by atoms with Crippen LogP contribution in [0.15, 0.2) is 23.4 Å². The third-order valence-corrected chi connectivity index (χ3v) is 4.46. The minimum atomic E-state index is 0.0320. The van der Waals surface area contributed by atoms with Crippen LogP contribution in [0, 0.1) is 5.92 Å². The van der Waals surface area contributed by atoms with Crippen LogP contribution in [0.4, 0.5) is 5.69 Å². The number of nitrogens with two attached hydrogens (primary N) is 1. The van der Waals surface area contributed by atoms with Crippen LogP contribution >= 0.6 is 11.6 Å². The van der Waals surface area contributed by atoms with E-state index >= 15 is 0 Å². The molecule has 0 aliphatic carbocycles. The molecule has 0 amide bonds. The Morgan fingerprint density at radius 3 is 2.71 bits per heavy atom. The predicted molar refractivity (Wildman–Crippen MR) is 87.5 cm³/mol. The molecule has 3 N–H and O–H groups in total. The highest BCUT2D eigenvalue weighted by molar-refractivity contribution is 6.34. The van der Waals surface area contributed by atoms with Crippen molar-refractivity contribution in [3.05, 3.63) is 28.8 Å². The average molecular weight is 311 g/mol. The highest BCUT2D eigenvalue weighted by Gasteiger charge is 2.18. The molecule has 1 aromatic rings. The maximum atomic E-state index is 8.72. The van der Waals surface area contributed by atoms with Gasteiger partial charge in [0.15, 0.2) is 5.84 Å². The molecule has 0 saturated carbocycles. The summed E-state index contributed by atoms with van der Waals surface area (Å²) in [6.45, 7) is 3.36. The van der Waals surface area contributed by atoms with Crippen molar-refractivity contribution in [1.82, 2.24) is 4.90 Å². The number of piperidine rings is 1. The van der Waals surface area contributed by atoms with Gasteiger partial charge in [-0.15, -0.1) is 0 Å². The van der Waals surface area contributed by atoms with Crippen LogP contribution in [0.1, 0.15) is 18.4 Å². The fourth-order valence-corrected chi connectivity index (χ4v) is 3.01. The van der Waals surface area contributed by atoms with Crippen LogP contribution in [0.3, 0.4) is 0 Å². The number of nitrogens with zero attached hydrogens (tertiary/aromatic N) is 3. The molecule has 0 spiro atoms. The Hall–Kier alpha value is -1.46. The Labute approximate surface area is 131 Å². The number of amidine groups is 1. The fraction of sp³-hybridized carbons (Fsp3) is 0.533. The predicted octanol–water partition coefficient (Wildman–Crippen LogP) is 2.21. The van der Waals surface area contributed by atoms with E-state index in [0.717, 1.165) is 12.2 Å². The molecule has 1 heterocycles. The van der Waals surface area contributed by atoms with E-state index in [4.69, 9.17) is 22.5 Å². The van der Waals surface area contributed by atoms with Gasteiger partial charge in [-0.25, -0.2) is 0 Å². The van der Waals surface area contributed by atoms with Crippen LogP contribution < -0.4 is 10.6 Å². The third kappa shape index (κ3) is 4.02. The number of likely N-dealkylation sites (tertiary alicyclic amines) is 1. The lowest BCUT2D eigenvalue weighted by molar-refractivity contribution is 0.222. The number of rotatable bonds is 4. The van der Waals surface area contributed by atoms with Crippen molar-refractivity contribution in [3.63, 3.8) is 0 Å². The van der Waals surface area contributed by atoms with Gasteiger partial charge in [0, 0.05) is 24.8 Å². The minimum Gasteiger partial charge on any atom is -0.409 e. The first-order valence-corrected chi connectivity index (χ1v) is 7.56. The van der Waals surface area contributed by atoms with Gasteiger partial charge < -0.3 is 20.7 Å². The molecule has 5 nitrogen and oxygen atoms in total. The molecule has 1 fully saturated rings. The van der Waals surface area contributed by atoms with Gasteiger partial charge in [-0.05, 0) is 57.1 Å². The van der Waals surface area contributed by atoms with Crippen LogP contribution in [-0.2, 0) is 0 Å². The SMILES string of the molecule is CN1CCC(CN(C)c2ccc(C(N)=NO)c(Cl)c2)CC1. The summed E-state index contributed by atoms with van der Waals surface area (Å²) in [5, 5.41) is 12.2. The molecular formula is C15H23ClN4O. The molecule has 0 atom stereocenters. The molecule has 0 aromatic heterocycles. The Balaban J connectivity index is 2.02. The number of oxime groups is 1. The fourth-order valence-electron chi connectivity index (χ4n) is 2.74. The van der Waals surface area contributed by atoms with Crippen molar-refractivity contribution < 1.29 is 5.21 Å². The summed E-state index contributed by atoms with van der Waals surface area (Å²) < 4.78 is 0. The van der Waals surface area contributed by atoms with Crippen molar-refractivity contribution in [1.29, 1.82) is 0 Å². The second kappa shape index (κ2) is 7.00. The molecular weight excluding hydrogens is 288 g/mol. The van der Waals surface area contributed by atoms with Gasteiger partial charge in [0.25, 0.3) is 0 Å². The molecule has 1 aromatic carbocycles. The number of halogens is 1. The summed E-state index contributed by atoms with van der Waals surface area (Å²) >= 11 is 6.20. The monoisotopic (exact) mass is 310 g/mol. The van der Waals surface area contributed by atoms with E-state index in [1.54, 1.807) is 6.07 Å². The summed E-state index contributed by atoms with van der Waals surface area (Å²) in [6, 6.07) is 5.61. The minimum absolute atomic E-state index is 0.0320. The lowest BCUT2D eigenvalue weighted by Gasteiger charge is -2.32. The highest BCUT2D eigenvalue weighted by atomic mass is 35.5. The standard InChI is InChI=1S/C15H23ClN4O/c1-19-7-5-11(6-8-19)10-20(2)12-3-4-13(14(16)9-12)15(17)18-21/h3-4,9,11,21H,5-8,10H2,1-2H3,(H2,17,18). The Bertz CT molecular complexity index is 512. The zero-order valence-electron chi connectivity index (χ0n) is 12.6. The van der Waals surface area contributed by atoms with Gasteiger partial charge in [-0.3, -0.25) is 0 Å². The highest BCUT2D eigenvalue weighted by Crippen LogP contribution is 2.25. The first-order valence-electron chi connectivity index (χ1n) is 7.18. The zero-order chi connectivity index (χ0) is 15.4. The van der Waals surface area contributed by atoms with E-state index in [-0.39, 0.29) is 5.84 Å². The summed E-state index contributed by atoms with van der Waals surface area (Å²) in [6.07, 6.45) is 2.47. The second-order valence-electron chi connectivity index (χ2n) is 5.78. The van der Waals surface area contributed by atoms with Gasteiger partial charge >= 0.3 is 0 Å². The van der Waals surface area contributed by atoms with Crippen molar-refractivity contribution in [3.8, 4) is 0 Å². The van der Waals surface area contributed by atoms with Crippen molar-refractivity contribution >= 4 is 23.1 Å². The lowest BCUT2D eigenvalue weighted by Crippen LogP contribution is -2.35. The largest absolute Gasteiger partial charge is 0.409 e. The first-order chi connectivity index (χ1) is 10.0. The molecule has 0 radical (unpaired) electrons. The second-order valence-corrected chi connectivity index (χ2v) is 6.18. The molecule has 0 bridgehead atoms. The lowest BCUT2D eigenvalue weighted by atomic mass is 9.96. The quantitative estimate of drug-likeness (QED) is 0.387. The number of benzene rings is 1. The Morgan fingerprint density at radius 2 is 2.14 bits per heavy atom. The molecule has 1 aliphatic heterocycles. The van der Waals surface area contributed by atoms with Crippen molar-refractivity contribution in [2.45, 2.75) is 12.8 Å². The van der Waals surface area contributed by atoms with E-state index < -0.39 is 0 Å². The number of hydrogen-bond acceptors (Lipinski definition) is 4. The van der Waals surface area contributed by atoms with E-state index in [1.165, 1.54) is 25.9 Å². The average Bonchev–Trinajstić information content (AvgIpc) is 2.48. The maximum Gasteiger partial charge on any atom is 0.171 e. The molecule has 116 valence electrons. The van der Waals surface area contributed by atoms with Crippen molar-refractivity contribution in [2.24, 2.45) is 16.8 Å². The normalized spacial score (nSPS) is 18.0. The van der Waals surface area contributed by atoms with E-state index in [0.29, 0.717) is 16.5 Å². The molecule has 21 heavy (non-hydrogen) atoms.